The van der Waals surface area contributed by atoms with Gasteiger partial charge in [-0.1, -0.05) is 30.3 Å². The number of carboxylic acid groups (broad SMARTS) is 1. The minimum Gasteiger partial charge on any atom is -0.480 e. The maximum Gasteiger partial charge on any atom is 0.337 e. The predicted molar refractivity (Wildman–Crippen MR) is 88.0 cm³/mol. The van der Waals surface area contributed by atoms with Gasteiger partial charge in [-0.25, -0.2) is 4.79 Å². The summed E-state index contributed by atoms with van der Waals surface area (Å²) < 4.78 is 5.75. The number of para-hydroxylation sites is 2. The first kappa shape index (κ1) is 16.5. The first-order valence-corrected chi connectivity index (χ1v) is 7.26. The molecule has 2 rings (SSSR count). The fourth-order valence-electron chi connectivity index (χ4n) is 2.23. The largest absolute Gasteiger partial charge is 0.480 e. The summed E-state index contributed by atoms with van der Waals surface area (Å²) in [6.07, 6.45) is -0.753. The van der Waals surface area contributed by atoms with Gasteiger partial charge in [0.25, 0.3) is 5.91 Å². The molecule has 1 amide bonds. The molecule has 23 heavy (non-hydrogen) atoms. The van der Waals surface area contributed by atoms with Crippen LogP contribution in [0.4, 0.5) is 5.69 Å². The maximum absolute atomic E-state index is 12.3. The van der Waals surface area contributed by atoms with Crippen LogP contribution < -0.4 is 10.1 Å². The molecule has 0 aliphatic rings. The summed E-state index contributed by atoms with van der Waals surface area (Å²) in [7, 11) is 0. The minimum absolute atomic E-state index is 0.0418. The van der Waals surface area contributed by atoms with E-state index in [0.29, 0.717) is 5.75 Å². The second-order valence-electron chi connectivity index (χ2n) is 5.32. The summed E-state index contributed by atoms with van der Waals surface area (Å²) in [4.78, 5) is 23.5. The highest BCUT2D eigenvalue weighted by molar-refractivity contribution is 6.01. The first-order chi connectivity index (χ1) is 10.9. The second kappa shape index (κ2) is 6.96. The van der Waals surface area contributed by atoms with E-state index in [1.807, 2.05) is 32.0 Å². The van der Waals surface area contributed by atoms with Crippen LogP contribution in [-0.2, 0) is 4.79 Å². The molecule has 0 bridgehead atoms. The van der Waals surface area contributed by atoms with Crippen molar-refractivity contribution in [2.24, 2.45) is 0 Å². The molecule has 0 saturated carbocycles. The predicted octanol–water partition coefficient (Wildman–Crippen LogP) is 3.41. The zero-order valence-corrected chi connectivity index (χ0v) is 13.3. The summed E-state index contributed by atoms with van der Waals surface area (Å²) in [5.74, 6) is -0.827. The number of aryl methyl sites for hydroxylation is 2. The number of carbonyl (C=O) groups is 2. The highest BCUT2D eigenvalue weighted by Gasteiger charge is 2.19. The van der Waals surface area contributed by atoms with E-state index < -0.39 is 18.0 Å². The van der Waals surface area contributed by atoms with Crippen molar-refractivity contribution in [3.05, 3.63) is 59.2 Å². The number of ether oxygens (including phenoxy) is 1. The van der Waals surface area contributed by atoms with Crippen LogP contribution in [0.3, 0.4) is 0 Å². The van der Waals surface area contributed by atoms with Crippen LogP contribution in [-0.4, -0.2) is 23.1 Å². The first-order valence-electron chi connectivity index (χ1n) is 7.26. The number of carboxylic acids is 1. The van der Waals surface area contributed by atoms with Gasteiger partial charge in [-0.2, -0.15) is 0 Å². The maximum atomic E-state index is 12.3. The Morgan fingerprint density at radius 3 is 2.26 bits per heavy atom. The normalized spacial score (nSPS) is 11.6. The third-order valence-corrected chi connectivity index (χ3v) is 3.49. The summed E-state index contributed by atoms with van der Waals surface area (Å²) in [5.41, 5.74) is 2.17. The summed E-state index contributed by atoms with van der Waals surface area (Å²) >= 11 is 0. The third kappa shape index (κ3) is 3.88. The molecule has 0 aliphatic carbocycles. The Hall–Kier alpha value is -2.82. The van der Waals surface area contributed by atoms with Crippen LogP contribution in [0.15, 0.2) is 42.5 Å². The van der Waals surface area contributed by atoms with E-state index in [2.05, 4.69) is 5.32 Å². The number of amides is 1. The van der Waals surface area contributed by atoms with Crippen molar-refractivity contribution < 1.29 is 19.4 Å². The number of rotatable bonds is 5. The number of nitrogens with one attached hydrogen (secondary N) is 1. The lowest BCUT2D eigenvalue weighted by atomic mass is 10.1. The summed E-state index contributed by atoms with van der Waals surface area (Å²) in [5, 5.41) is 11.7. The number of hydrogen-bond donors (Lipinski definition) is 2. The van der Waals surface area contributed by atoms with E-state index in [0.717, 1.165) is 11.1 Å². The number of benzene rings is 2. The molecule has 0 saturated heterocycles. The van der Waals surface area contributed by atoms with Crippen molar-refractivity contribution in [1.82, 2.24) is 0 Å². The number of hydrogen-bond acceptors (Lipinski definition) is 3. The standard InChI is InChI=1S/C18H19NO4/c1-11-7-6-8-12(2)16(11)23-13(3)17(20)19-15-10-5-4-9-14(15)18(21)22/h4-10,13H,1-3H3,(H,19,20)(H,21,22). The molecule has 0 aromatic heterocycles. The Kier molecular flexibility index (Phi) is 5.01. The van der Waals surface area contributed by atoms with E-state index in [1.54, 1.807) is 25.1 Å². The van der Waals surface area contributed by atoms with Gasteiger partial charge in [0, 0.05) is 0 Å². The molecule has 2 N–H and O–H groups in total. The van der Waals surface area contributed by atoms with Gasteiger partial charge < -0.3 is 15.2 Å². The zero-order valence-electron chi connectivity index (χ0n) is 13.3. The fraction of sp³-hybridized carbons (Fsp3) is 0.222. The van der Waals surface area contributed by atoms with Crippen LogP contribution in [0.5, 0.6) is 5.75 Å². The Balaban J connectivity index is 2.14. The summed E-state index contributed by atoms with van der Waals surface area (Å²) in [6.45, 7) is 5.45. The minimum atomic E-state index is -1.09. The van der Waals surface area contributed by atoms with Crippen molar-refractivity contribution in [3.8, 4) is 5.75 Å². The Bertz CT molecular complexity index is 719. The molecule has 1 atom stereocenters. The molecule has 5 heteroatoms. The molecule has 5 nitrogen and oxygen atoms in total. The van der Waals surface area contributed by atoms with Gasteiger partial charge in [0.2, 0.25) is 0 Å². The third-order valence-electron chi connectivity index (χ3n) is 3.49. The molecule has 0 heterocycles. The van der Waals surface area contributed by atoms with Crippen molar-refractivity contribution in [1.29, 1.82) is 0 Å². The van der Waals surface area contributed by atoms with E-state index in [1.165, 1.54) is 6.07 Å². The SMILES string of the molecule is Cc1cccc(C)c1OC(C)C(=O)Nc1ccccc1C(=O)O. The summed E-state index contributed by atoms with van der Waals surface area (Å²) in [6, 6.07) is 12.0. The second-order valence-corrected chi connectivity index (χ2v) is 5.32. The van der Waals surface area contributed by atoms with Crippen molar-refractivity contribution in [3.63, 3.8) is 0 Å². The van der Waals surface area contributed by atoms with Crippen LogP contribution in [0.25, 0.3) is 0 Å². The number of carbonyl (C=O) groups excluding carboxylic acids is 1. The van der Waals surface area contributed by atoms with Crippen molar-refractivity contribution >= 4 is 17.6 Å². The molecule has 2 aromatic rings. The fourth-order valence-corrected chi connectivity index (χ4v) is 2.23. The Labute approximate surface area is 134 Å². The van der Waals surface area contributed by atoms with Crippen LogP contribution in [0, 0.1) is 13.8 Å². The lowest BCUT2D eigenvalue weighted by Gasteiger charge is -2.18. The monoisotopic (exact) mass is 313 g/mol. The molecule has 2 aromatic carbocycles. The van der Waals surface area contributed by atoms with Crippen LogP contribution >= 0.6 is 0 Å². The molecule has 1 unspecified atom stereocenters. The van der Waals surface area contributed by atoms with E-state index >= 15 is 0 Å². The van der Waals surface area contributed by atoms with E-state index in [-0.39, 0.29) is 11.3 Å². The lowest BCUT2D eigenvalue weighted by Crippen LogP contribution is -2.31. The molecule has 0 spiro atoms. The van der Waals surface area contributed by atoms with E-state index in [4.69, 9.17) is 9.84 Å². The average Bonchev–Trinajstić information content (AvgIpc) is 2.51. The molecular formula is C18H19NO4. The van der Waals surface area contributed by atoms with Crippen molar-refractivity contribution in [2.45, 2.75) is 26.9 Å². The number of anilines is 1. The Morgan fingerprint density at radius 1 is 1.04 bits per heavy atom. The van der Waals surface area contributed by atoms with Gasteiger partial charge in [0.15, 0.2) is 6.10 Å². The van der Waals surface area contributed by atoms with Gasteiger partial charge >= 0.3 is 5.97 Å². The highest BCUT2D eigenvalue weighted by atomic mass is 16.5. The van der Waals surface area contributed by atoms with Crippen molar-refractivity contribution in [2.75, 3.05) is 5.32 Å². The van der Waals surface area contributed by atoms with Gasteiger partial charge in [0.1, 0.15) is 5.75 Å². The lowest BCUT2D eigenvalue weighted by molar-refractivity contribution is -0.122. The van der Waals surface area contributed by atoms with Crippen LogP contribution in [0.1, 0.15) is 28.4 Å². The molecule has 120 valence electrons. The van der Waals surface area contributed by atoms with Gasteiger partial charge in [-0.15, -0.1) is 0 Å². The smallest absolute Gasteiger partial charge is 0.337 e. The molecule has 0 fully saturated rings. The van der Waals surface area contributed by atoms with Crippen LogP contribution in [0.2, 0.25) is 0 Å². The number of aromatic carboxylic acids is 1. The Morgan fingerprint density at radius 2 is 1.65 bits per heavy atom. The van der Waals surface area contributed by atoms with Gasteiger partial charge in [0.05, 0.1) is 11.3 Å². The molecule has 0 aliphatic heterocycles. The van der Waals surface area contributed by atoms with Gasteiger partial charge in [-0.3, -0.25) is 4.79 Å². The topological polar surface area (TPSA) is 75.6 Å². The molecule has 0 radical (unpaired) electrons. The average molecular weight is 313 g/mol. The zero-order chi connectivity index (χ0) is 17.0. The molecular weight excluding hydrogens is 294 g/mol. The van der Waals surface area contributed by atoms with Gasteiger partial charge in [-0.05, 0) is 44.0 Å². The quantitative estimate of drug-likeness (QED) is 0.887. The highest BCUT2D eigenvalue weighted by Crippen LogP contribution is 2.24. The van der Waals surface area contributed by atoms with E-state index in [9.17, 15) is 9.59 Å².